The summed E-state index contributed by atoms with van der Waals surface area (Å²) in [4.78, 5) is 40.3. The van der Waals surface area contributed by atoms with Gasteiger partial charge in [-0.25, -0.2) is 4.79 Å². The number of nitrogens with zero attached hydrogens (tertiary/aromatic N) is 2. The number of hydrogen-bond acceptors (Lipinski definition) is 5. The van der Waals surface area contributed by atoms with Gasteiger partial charge in [-0.3, -0.25) is 9.59 Å². The van der Waals surface area contributed by atoms with E-state index in [1.807, 2.05) is 6.07 Å². The molecule has 0 aromatic heterocycles. The van der Waals surface area contributed by atoms with Crippen LogP contribution in [0.1, 0.15) is 23.2 Å². The average Bonchev–Trinajstić information content (AvgIpc) is 3.17. The molecule has 2 heterocycles. The predicted molar refractivity (Wildman–Crippen MR) is 103 cm³/mol. The smallest absolute Gasteiger partial charge is 0.348 e. The van der Waals surface area contributed by atoms with Crippen LogP contribution in [0.3, 0.4) is 0 Å². The van der Waals surface area contributed by atoms with Crippen molar-refractivity contribution in [2.75, 3.05) is 30.0 Å². The second-order valence-electron chi connectivity index (χ2n) is 6.71. The van der Waals surface area contributed by atoms with Crippen LogP contribution in [0, 0.1) is 0 Å². The zero-order valence-electron chi connectivity index (χ0n) is 15.5. The molecule has 0 N–H and O–H groups in total. The van der Waals surface area contributed by atoms with Crippen LogP contribution in [0.25, 0.3) is 0 Å². The number of para-hydroxylation sites is 2. The first kappa shape index (κ1) is 18.0. The second kappa shape index (κ2) is 7.34. The molecule has 0 bridgehead atoms. The number of amides is 2. The first-order chi connectivity index (χ1) is 13.6. The van der Waals surface area contributed by atoms with Crippen LogP contribution >= 0.6 is 0 Å². The third-order valence-corrected chi connectivity index (χ3v) is 4.98. The minimum Gasteiger partial charge on any atom is -0.475 e. The van der Waals surface area contributed by atoms with Crippen molar-refractivity contribution in [1.82, 2.24) is 0 Å². The zero-order valence-corrected chi connectivity index (χ0v) is 15.5. The molecule has 0 unspecified atom stereocenters. The largest absolute Gasteiger partial charge is 0.475 e. The topological polar surface area (TPSA) is 76.2 Å². The number of ether oxygens (including phenoxy) is 2. The molecule has 4 rings (SSSR count). The van der Waals surface area contributed by atoms with E-state index >= 15 is 0 Å². The van der Waals surface area contributed by atoms with E-state index in [0.717, 1.165) is 12.1 Å². The molecule has 1 atom stereocenters. The van der Waals surface area contributed by atoms with Crippen molar-refractivity contribution >= 4 is 29.2 Å². The van der Waals surface area contributed by atoms with Crippen LogP contribution in [-0.2, 0) is 14.3 Å². The van der Waals surface area contributed by atoms with Crippen LogP contribution < -0.4 is 14.5 Å². The van der Waals surface area contributed by atoms with Crippen molar-refractivity contribution in [2.45, 2.75) is 18.9 Å². The van der Waals surface area contributed by atoms with Gasteiger partial charge >= 0.3 is 5.97 Å². The molecule has 2 aliphatic rings. The Morgan fingerprint density at radius 2 is 1.86 bits per heavy atom. The molecule has 2 aromatic carbocycles. The van der Waals surface area contributed by atoms with E-state index in [2.05, 4.69) is 0 Å². The fourth-order valence-electron chi connectivity index (χ4n) is 3.54. The summed E-state index contributed by atoms with van der Waals surface area (Å²) in [5.41, 5.74) is 1.86. The molecular formula is C21H20N2O5. The van der Waals surface area contributed by atoms with E-state index in [0.29, 0.717) is 30.0 Å². The number of anilines is 2. The molecule has 0 saturated carbocycles. The summed E-state index contributed by atoms with van der Waals surface area (Å²) in [5, 5.41) is 0. The van der Waals surface area contributed by atoms with Gasteiger partial charge in [0.1, 0.15) is 5.75 Å². The Labute approximate surface area is 162 Å². The Bertz CT molecular complexity index is 925. The molecule has 0 spiro atoms. The van der Waals surface area contributed by atoms with Crippen molar-refractivity contribution in [3.63, 3.8) is 0 Å². The van der Waals surface area contributed by atoms with Gasteiger partial charge in [-0.2, -0.15) is 0 Å². The Balaban J connectivity index is 1.61. The minimum atomic E-state index is -0.884. The first-order valence-corrected chi connectivity index (χ1v) is 9.14. The minimum absolute atomic E-state index is 0.0644. The van der Waals surface area contributed by atoms with E-state index in [-0.39, 0.29) is 18.4 Å². The molecule has 28 heavy (non-hydrogen) atoms. The van der Waals surface area contributed by atoms with Gasteiger partial charge in [-0.1, -0.05) is 12.1 Å². The number of carbonyl (C=O) groups excluding carboxylic acids is 3. The molecule has 2 amide bonds. The summed E-state index contributed by atoms with van der Waals surface area (Å²) in [6.45, 7) is 0.763. The highest BCUT2D eigenvalue weighted by molar-refractivity contribution is 6.08. The second-order valence-corrected chi connectivity index (χ2v) is 6.71. The number of benzene rings is 2. The fourth-order valence-corrected chi connectivity index (χ4v) is 3.54. The summed E-state index contributed by atoms with van der Waals surface area (Å²) in [7, 11) is 1.29. The van der Waals surface area contributed by atoms with Crippen molar-refractivity contribution < 1.29 is 23.9 Å². The van der Waals surface area contributed by atoms with Gasteiger partial charge < -0.3 is 19.3 Å². The summed E-state index contributed by atoms with van der Waals surface area (Å²) in [5.74, 6) is -0.224. The van der Waals surface area contributed by atoms with Crippen LogP contribution in [-0.4, -0.2) is 44.1 Å². The fraction of sp³-hybridized carbons (Fsp3) is 0.286. The maximum Gasteiger partial charge on any atom is 0.348 e. The average molecular weight is 380 g/mol. The number of fused-ring (bicyclic) bond motifs is 1. The van der Waals surface area contributed by atoms with Crippen LogP contribution in [0.2, 0.25) is 0 Å². The van der Waals surface area contributed by atoms with E-state index in [1.54, 1.807) is 47.4 Å². The highest BCUT2D eigenvalue weighted by Crippen LogP contribution is 2.34. The summed E-state index contributed by atoms with van der Waals surface area (Å²) >= 11 is 0. The lowest BCUT2D eigenvalue weighted by Gasteiger charge is -2.33. The summed E-state index contributed by atoms with van der Waals surface area (Å²) < 4.78 is 10.5. The molecule has 7 nitrogen and oxygen atoms in total. The number of carbonyl (C=O) groups is 3. The van der Waals surface area contributed by atoms with E-state index in [9.17, 15) is 14.4 Å². The molecule has 0 radical (unpaired) electrons. The Morgan fingerprint density at radius 1 is 1.11 bits per heavy atom. The Kier molecular flexibility index (Phi) is 4.73. The highest BCUT2D eigenvalue weighted by Gasteiger charge is 2.34. The Morgan fingerprint density at radius 3 is 2.54 bits per heavy atom. The highest BCUT2D eigenvalue weighted by atomic mass is 16.6. The van der Waals surface area contributed by atoms with Gasteiger partial charge in [0, 0.05) is 24.2 Å². The molecule has 7 heteroatoms. The third kappa shape index (κ3) is 3.19. The number of esters is 1. The molecule has 2 aliphatic heterocycles. The molecule has 144 valence electrons. The summed E-state index contributed by atoms with van der Waals surface area (Å²) in [6.07, 6.45) is 0.518. The quantitative estimate of drug-likeness (QED) is 0.765. The van der Waals surface area contributed by atoms with E-state index < -0.39 is 12.1 Å². The van der Waals surface area contributed by atoms with Crippen LogP contribution in [0.5, 0.6) is 5.75 Å². The van der Waals surface area contributed by atoms with Crippen LogP contribution in [0.15, 0.2) is 48.5 Å². The zero-order chi connectivity index (χ0) is 19.7. The van der Waals surface area contributed by atoms with E-state index in [4.69, 9.17) is 9.47 Å². The van der Waals surface area contributed by atoms with Crippen molar-refractivity contribution in [3.05, 3.63) is 54.1 Å². The molecule has 1 fully saturated rings. The van der Waals surface area contributed by atoms with E-state index in [1.165, 1.54) is 12.0 Å². The SMILES string of the molecule is COC(=O)[C@H]1CN(C(=O)c2ccc(N3CCCC3=O)cc2)c2ccccc2O1. The number of hydrogen-bond donors (Lipinski definition) is 0. The standard InChI is InChI=1S/C21H20N2O5/c1-27-21(26)18-13-23(16-5-2-3-6-17(16)28-18)20(25)14-8-10-15(11-9-14)22-12-4-7-19(22)24/h2-3,5-6,8-11,18H,4,7,12-13H2,1H3/t18-/m1/s1. The van der Waals surface area contributed by atoms with Crippen molar-refractivity contribution in [2.24, 2.45) is 0 Å². The normalized spacial score (nSPS) is 18.5. The van der Waals surface area contributed by atoms with Gasteiger partial charge in [0.15, 0.2) is 0 Å². The predicted octanol–water partition coefficient (Wildman–Crippen LogP) is 2.39. The Hall–Kier alpha value is -3.35. The molecule has 2 aromatic rings. The number of methoxy groups -OCH3 is 1. The lowest BCUT2D eigenvalue weighted by molar-refractivity contribution is -0.148. The van der Waals surface area contributed by atoms with Gasteiger partial charge in [0.05, 0.1) is 19.3 Å². The molecular weight excluding hydrogens is 360 g/mol. The molecule has 0 aliphatic carbocycles. The van der Waals surface area contributed by atoms with Gasteiger partial charge in [-0.15, -0.1) is 0 Å². The molecule has 1 saturated heterocycles. The monoisotopic (exact) mass is 380 g/mol. The first-order valence-electron chi connectivity index (χ1n) is 9.14. The number of rotatable bonds is 3. The van der Waals surface area contributed by atoms with Crippen LogP contribution in [0.4, 0.5) is 11.4 Å². The summed E-state index contributed by atoms with van der Waals surface area (Å²) in [6, 6.07) is 14.0. The van der Waals surface area contributed by atoms with Gasteiger partial charge in [0.2, 0.25) is 12.0 Å². The maximum absolute atomic E-state index is 13.2. The van der Waals surface area contributed by atoms with Crippen molar-refractivity contribution in [1.29, 1.82) is 0 Å². The van der Waals surface area contributed by atoms with Gasteiger partial charge in [-0.05, 0) is 42.8 Å². The van der Waals surface area contributed by atoms with Crippen molar-refractivity contribution in [3.8, 4) is 5.75 Å². The lowest BCUT2D eigenvalue weighted by atomic mass is 10.1. The third-order valence-electron chi connectivity index (χ3n) is 4.98. The lowest BCUT2D eigenvalue weighted by Crippen LogP contribution is -2.47. The maximum atomic E-state index is 13.2. The van der Waals surface area contributed by atoms with Gasteiger partial charge in [0.25, 0.3) is 5.91 Å².